The van der Waals surface area contributed by atoms with Crippen molar-refractivity contribution >= 4 is 5.95 Å². The van der Waals surface area contributed by atoms with Crippen LogP contribution in [0.1, 0.15) is 25.6 Å². The van der Waals surface area contributed by atoms with Crippen LogP contribution >= 0.6 is 0 Å². The first-order valence-corrected chi connectivity index (χ1v) is 4.35. The molecule has 0 spiro atoms. The summed E-state index contributed by atoms with van der Waals surface area (Å²) in [5, 5.41) is 11.0. The van der Waals surface area contributed by atoms with Crippen LogP contribution in [-0.2, 0) is 13.5 Å². The SMILES string of the molecule is CCCCc1nnc(NC)n1C. The monoisotopic (exact) mass is 168 g/mol. The molecule has 4 nitrogen and oxygen atoms in total. The molecule has 0 atom stereocenters. The summed E-state index contributed by atoms with van der Waals surface area (Å²) >= 11 is 0. The minimum Gasteiger partial charge on any atom is -0.357 e. The van der Waals surface area contributed by atoms with Crippen LogP contribution in [0.5, 0.6) is 0 Å². The lowest BCUT2D eigenvalue weighted by molar-refractivity contribution is 0.712. The van der Waals surface area contributed by atoms with E-state index in [4.69, 9.17) is 0 Å². The number of hydrogen-bond donors (Lipinski definition) is 1. The van der Waals surface area contributed by atoms with Crippen LogP contribution in [0.3, 0.4) is 0 Å². The van der Waals surface area contributed by atoms with E-state index >= 15 is 0 Å². The zero-order chi connectivity index (χ0) is 8.97. The molecule has 0 unspecified atom stereocenters. The summed E-state index contributed by atoms with van der Waals surface area (Å²) in [6.45, 7) is 2.18. The smallest absolute Gasteiger partial charge is 0.224 e. The zero-order valence-corrected chi connectivity index (χ0v) is 7.96. The fraction of sp³-hybridized carbons (Fsp3) is 0.750. The Kier molecular flexibility index (Phi) is 3.08. The highest BCUT2D eigenvalue weighted by Gasteiger charge is 2.04. The van der Waals surface area contributed by atoms with E-state index in [1.165, 1.54) is 12.8 Å². The molecule has 0 amide bonds. The van der Waals surface area contributed by atoms with Gasteiger partial charge in [0.2, 0.25) is 5.95 Å². The zero-order valence-electron chi connectivity index (χ0n) is 7.96. The molecule has 0 fully saturated rings. The minimum atomic E-state index is 0.834. The first-order valence-electron chi connectivity index (χ1n) is 4.35. The maximum atomic E-state index is 4.07. The molecule has 1 aromatic rings. The van der Waals surface area contributed by atoms with E-state index < -0.39 is 0 Å². The predicted molar refractivity (Wildman–Crippen MR) is 49.2 cm³/mol. The number of nitrogens with one attached hydrogen (secondary N) is 1. The Morgan fingerprint density at radius 3 is 2.67 bits per heavy atom. The molecular weight excluding hydrogens is 152 g/mol. The Morgan fingerprint density at radius 1 is 1.42 bits per heavy atom. The first kappa shape index (κ1) is 9.03. The van der Waals surface area contributed by atoms with E-state index in [1.807, 2.05) is 18.7 Å². The molecule has 1 heterocycles. The second kappa shape index (κ2) is 4.09. The van der Waals surface area contributed by atoms with Crippen LogP contribution in [0.2, 0.25) is 0 Å². The lowest BCUT2D eigenvalue weighted by Gasteiger charge is -2.01. The van der Waals surface area contributed by atoms with Gasteiger partial charge >= 0.3 is 0 Å². The Labute approximate surface area is 73.0 Å². The van der Waals surface area contributed by atoms with Crippen molar-refractivity contribution in [1.29, 1.82) is 0 Å². The van der Waals surface area contributed by atoms with E-state index in [0.29, 0.717) is 0 Å². The summed E-state index contributed by atoms with van der Waals surface area (Å²) in [7, 11) is 3.84. The molecule has 0 aliphatic rings. The molecule has 0 aromatic carbocycles. The largest absolute Gasteiger partial charge is 0.357 e. The Morgan fingerprint density at radius 2 is 2.17 bits per heavy atom. The van der Waals surface area contributed by atoms with Crippen LogP contribution in [0, 0.1) is 0 Å². The number of hydrogen-bond acceptors (Lipinski definition) is 3. The highest BCUT2D eigenvalue weighted by molar-refractivity contribution is 5.23. The summed E-state index contributed by atoms with van der Waals surface area (Å²) in [6, 6.07) is 0. The summed E-state index contributed by atoms with van der Waals surface area (Å²) < 4.78 is 2.00. The van der Waals surface area contributed by atoms with Crippen LogP contribution in [-0.4, -0.2) is 21.8 Å². The first-order chi connectivity index (χ1) is 5.79. The van der Waals surface area contributed by atoms with Crippen molar-refractivity contribution < 1.29 is 0 Å². The van der Waals surface area contributed by atoms with Crippen LogP contribution in [0.25, 0.3) is 0 Å². The Hall–Kier alpha value is -1.06. The minimum absolute atomic E-state index is 0.834. The maximum absolute atomic E-state index is 4.07. The van der Waals surface area contributed by atoms with Gasteiger partial charge in [0.1, 0.15) is 5.82 Å². The molecule has 0 aliphatic carbocycles. The van der Waals surface area contributed by atoms with E-state index in [-0.39, 0.29) is 0 Å². The average Bonchev–Trinajstić information content (AvgIpc) is 2.43. The standard InChI is InChI=1S/C8H16N4/c1-4-5-6-7-10-11-8(9-2)12(7)3/h4-6H2,1-3H3,(H,9,11). The molecule has 0 saturated carbocycles. The molecular formula is C8H16N4. The highest BCUT2D eigenvalue weighted by atomic mass is 15.3. The third-order valence-electron chi connectivity index (χ3n) is 1.94. The topological polar surface area (TPSA) is 42.7 Å². The van der Waals surface area contributed by atoms with Gasteiger partial charge in [-0.2, -0.15) is 0 Å². The summed E-state index contributed by atoms with van der Waals surface area (Å²) in [5.41, 5.74) is 0. The van der Waals surface area contributed by atoms with E-state index in [1.54, 1.807) is 0 Å². The highest BCUT2D eigenvalue weighted by Crippen LogP contribution is 2.06. The van der Waals surface area contributed by atoms with E-state index in [0.717, 1.165) is 18.2 Å². The van der Waals surface area contributed by atoms with Gasteiger partial charge in [-0.3, -0.25) is 0 Å². The van der Waals surface area contributed by atoms with Gasteiger partial charge in [0.15, 0.2) is 0 Å². The molecule has 4 heteroatoms. The number of nitrogens with zero attached hydrogens (tertiary/aromatic N) is 3. The second-order valence-electron chi connectivity index (χ2n) is 2.85. The summed E-state index contributed by atoms with van der Waals surface area (Å²) in [5.74, 6) is 1.89. The number of aryl methyl sites for hydroxylation is 1. The van der Waals surface area contributed by atoms with Gasteiger partial charge in [-0.25, -0.2) is 0 Å². The number of anilines is 1. The number of aromatic nitrogens is 3. The normalized spacial score (nSPS) is 10.2. The fourth-order valence-electron chi connectivity index (χ4n) is 1.13. The lowest BCUT2D eigenvalue weighted by atomic mass is 10.2. The van der Waals surface area contributed by atoms with Crippen LogP contribution < -0.4 is 5.32 Å². The van der Waals surface area contributed by atoms with Crippen LogP contribution in [0.4, 0.5) is 5.95 Å². The van der Waals surface area contributed by atoms with Gasteiger partial charge in [0.25, 0.3) is 0 Å². The van der Waals surface area contributed by atoms with Crippen molar-refractivity contribution in [2.45, 2.75) is 26.2 Å². The fourth-order valence-corrected chi connectivity index (χ4v) is 1.13. The van der Waals surface area contributed by atoms with Gasteiger partial charge in [-0.05, 0) is 6.42 Å². The molecule has 1 rings (SSSR count). The van der Waals surface area contributed by atoms with Gasteiger partial charge in [0.05, 0.1) is 0 Å². The van der Waals surface area contributed by atoms with Crippen molar-refractivity contribution in [3.8, 4) is 0 Å². The molecule has 0 bridgehead atoms. The van der Waals surface area contributed by atoms with Gasteiger partial charge in [-0.1, -0.05) is 13.3 Å². The van der Waals surface area contributed by atoms with E-state index in [9.17, 15) is 0 Å². The van der Waals surface area contributed by atoms with Crippen LogP contribution in [0.15, 0.2) is 0 Å². The quantitative estimate of drug-likeness (QED) is 0.734. The lowest BCUT2D eigenvalue weighted by Crippen LogP contribution is -2.02. The van der Waals surface area contributed by atoms with Crippen molar-refractivity contribution in [3.05, 3.63) is 5.82 Å². The molecule has 0 aliphatic heterocycles. The third-order valence-corrected chi connectivity index (χ3v) is 1.94. The third kappa shape index (κ3) is 1.75. The molecule has 1 N–H and O–H groups in total. The number of rotatable bonds is 4. The van der Waals surface area contributed by atoms with Gasteiger partial charge in [-0.15, -0.1) is 10.2 Å². The van der Waals surface area contributed by atoms with Gasteiger partial charge < -0.3 is 9.88 Å². The molecule has 0 radical (unpaired) electrons. The van der Waals surface area contributed by atoms with Crippen molar-refractivity contribution in [3.63, 3.8) is 0 Å². The van der Waals surface area contributed by atoms with Crippen molar-refractivity contribution in [2.75, 3.05) is 12.4 Å². The van der Waals surface area contributed by atoms with Crippen molar-refractivity contribution in [2.24, 2.45) is 7.05 Å². The molecule has 68 valence electrons. The molecule has 12 heavy (non-hydrogen) atoms. The Balaban J connectivity index is 2.66. The molecule has 1 aromatic heterocycles. The number of unbranched alkanes of at least 4 members (excludes halogenated alkanes) is 1. The maximum Gasteiger partial charge on any atom is 0.224 e. The Bertz CT molecular complexity index is 241. The predicted octanol–water partition coefficient (Wildman–Crippen LogP) is 1.20. The summed E-state index contributed by atoms with van der Waals surface area (Å²) in [6.07, 6.45) is 3.39. The average molecular weight is 168 g/mol. The van der Waals surface area contributed by atoms with Crippen molar-refractivity contribution in [1.82, 2.24) is 14.8 Å². The van der Waals surface area contributed by atoms with E-state index in [2.05, 4.69) is 22.4 Å². The summed E-state index contributed by atoms with van der Waals surface area (Å²) in [4.78, 5) is 0. The second-order valence-corrected chi connectivity index (χ2v) is 2.85. The van der Waals surface area contributed by atoms with Gasteiger partial charge in [0, 0.05) is 20.5 Å². The molecule has 0 saturated heterocycles.